The Kier molecular flexibility index (Phi) is 5.06. The molecular formula is C20H15FN2O3S2. The number of benzene rings is 2. The fourth-order valence-corrected chi connectivity index (χ4v) is 4.66. The molecule has 0 unspecified atom stereocenters. The fraction of sp³-hybridized carbons (Fsp3) is 0.150. The van der Waals surface area contributed by atoms with Crippen molar-refractivity contribution in [1.29, 1.82) is 0 Å². The number of amides is 1. The van der Waals surface area contributed by atoms with Gasteiger partial charge in [-0.1, -0.05) is 12.1 Å². The molecule has 28 heavy (non-hydrogen) atoms. The third-order valence-electron chi connectivity index (χ3n) is 4.14. The molecule has 0 atom stereocenters. The van der Waals surface area contributed by atoms with Gasteiger partial charge in [-0.3, -0.25) is 4.79 Å². The number of thiophene rings is 1. The van der Waals surface area contributed by atoms with Crippen molar-refractivity contribution in [3.05, 3.63) is 64.2 Å². The normalized spacial score (nSPS) is 11.1. The summed E-state index contributed by atoms with van der Waals surface area (Å²) in [6, 6.07) is 13.7. The minimum Gasteiger partial charge on any atom is -0.451 e. The van der Waals surface area contributed by atoms with Crippen molar-refractivity contribution in [3.8, 4) is 0 Å². The van der Waals surface area contributed by atoms with Crippen LogP contribution in [0.25, 0.3) is 20.3 Å². The highest BCUT2D eigenvalue weighted by molar-refractivity contribution is 7.20. The van der Waals surface area contributed by atoms with Crippen LogP contribution in [0.1, 0.15) is 14.7 Å². The third kappa shape index (κ3) is 3.88. The molecule has 0 saturated heterocycles. The summed E-state index contributed by atoms with van der Waals surface area (Å²) in [5.41, 5.74) is 0.899. The van der Waals surface area contributed by atoms with Crippen molar-refractivity contribution in [2.45, 2.75) is 6.54 Å². The number of para-hydroxylation sites is 1. The van der Waals surface area contributed by atoms with Crippen LogP contribution < -0.4 is 0 Å². The standard InChI is InChI=1S/C20H15FN2O3S2/c1-23(10-18-22-14-4-2-3-5-16(14)28-18)19(24)11-26-20(25)17-9-12-8-13(21)6-7-15(12)27-17/h2-9H,10-11H2,1H3. The zero-order chi connectivity index (χ0) is 19.7. The number of ether oxygens (including phenoxy) is 1. The number of fused-ring (bicyclic) bond motifs is 2. The van der Waals surface area contributed by atoms with E-state index in [9.17, 15) is 14.0 Å². The highest BCUT2D eigenvalue weighted by Gasteiger charge is 2.17. The van der Waals surface area contributed by atoms with Crippen molar-refractivity contribution in [2.24, 2.45) is 0 Å². The second-order valence-corrected chi connectivity index (χ2v) is 8.39. The van der Waals surface area contributed by atoms with Crippen molar-refractivity contribution in [2.75, 3.05) is 13.7 Å². The summed E-state index contributed by atoms with van der Waals surface area (Å²) < 4.78 is 20.3. The van der Waals surface area contributed by atoms with Gasteiger partial charge in [0.05, 0.1) is 16.8 Å². The Morgan fingerprint density at radius 3 is 2.75 bits per heavy atom. The Hall–Kier alpha value is -2.84. The number of nitrogens with zero attached hydrogens (tertiary/aromatic N) is 2. The van der Waals surface area contributed by atoms with Crippen LogP contribution in [0.2, 0.25) is 0 Å². The quantitative estimate of drug-likeness (QED) is 0.452. The number of hydrogen-bond donors (Lipinski definition) is 0. The number of rotatable bonds is 5. The predicted octanol–water partition coefficient (Wildman–Crippen LogP) is 4.47. The van der Waals surface area contributed by atoms with Gasteiger partial charge in [0.15, 0.2) is 6.61 Å². The molecule has 0 aliphatic carbocycles. The molecule has 4 rings (SSSR count). The van der Waals surface area contributed by atoms with E-state index in [1.165, 1.54) is 39.7 Å². The van der Waals surface area contributed by atoms with Crippen molar-refractivity contribution in [1.82, 2.24) is 9.88 Å². The molecule has 0 aliphatic rings. The first-order valence-corrected chi connectivity index (χ1v) is 10.1. The molecule has 0 fully saturated rings. The van der Waals surface area contributed by atoms with E-state index in [1.54, 1.807) is 19.2 Å². The third-order valence-corrected chi connectivity index (χ3v) is 6.26. The lowest BCUT2D eigenvalue weighted by Gasteiger charge is -2.15. The first-order chi connectivity index (χ1) is 13.5. The van der Waals surface area contributed by atoms with Gasteiger partial charge in [0.2, 0.25) is 0 Å². The van der Waals surface area contributed by atoms with Crippen LogP contribution in [0.4, 0.5) is 4.39 Å². The van der Waals surface area contributed by atoms with E-state index >= 15 is 0 Å². The molecule has 2 aromatic heterocycles. The maximum Gasteiger partial charge on any atom is 0.348 e. The van der Waals surface area contributed by atoms with Crippen molar-refractivity contribution < 1.29 is 18.7 Å². The molecule has 5 nitrogen and oxygen atoms in total. The predicted molar refractivity (Wildman–Crippen MR) is 108 cm³/mol. The molecule has 8 heteroatoms. The maximum absolute atomic E-state index is 13.3. The summed E-state index contributed by atoms with van der Waals surface area (Å²) >= 11 is 2.73. The Morgan fingerprint density at radius 2 is 1.93 bits per heavy atom. The van der Waals surface area contributed by atoms with Crippen LogP contribution in [0.5, 0.6) is 0 Å². The van der Waals surface area contributed by atoms with Gasteiger partial charge in [0.1, 0.15) is 15.7 Å². The number of aromatic nitrogens is 1. The Bertz CT molecular complexity index is 1150. The van der Waals surface area contributed by atoms with Crippen LogP contribution >= 0.6 is 22.7 Å². The number of thiazole rings is 1. The number of halogens is 1. The van der Waals surface area contributed by atoms with Crippen molar-refractivity contribution >= 4 is 54.9 Å². The summed E-state index contributed by atoms with van der Waals surface area (Å²) in [4.78, 5) is 30.8. The van der Waals surface area contributed by atoms with Crippen LogP contribution in [-0.4, -0.2) is 35.4 Å². The van der Waals surface area contributed by atoms with Gasteiger partial charge in [-0.15, -0.1) is 22.7 Å². The first-order valence-electron chi connectivity index (χ1n) is 8.44. The van der Waals surface area contributed by atoms with Gasteiger partial charge >= 0.3 is 5.97 Å². The lowest BCUT2D eigenvalue weighted by molar-refractivity contribution is -0.133. The highest BCUT2D eigenvalue weighted by Crippen LogP contribution is 2.27. The van der Waals surface area contributed by atoms with Crippen LogP contribution in [-0.2, 0) is 16.1 Å². The molecule has 2 heterocycles. The second kappa shape index (κ2) is 7.65. The molecule has 2 aromatic carbocycles. The number of likely N-dealkylation sites (N-methyl/N-ethyl adjacent to an activating group) is 1. The van der Waals surface area contributed by atoms with Gasteiger partial charge in [0, 0.05) is 11.7 Å². The Balaban J connectivity index is 1.36. The molecule has 0 bridgehead atoms. The Morgan fingerprint density at radius 1 is 1.11 bits per heavy atom. The molecule has 0 spiro atoms. The smallest absolute Gasteiger partial charge is 0.348 e. The molecule has 0 N–H and O–H groups in total. The van der Waals surface area contributed by atoms with Crippen LogP contribution in [0.15, 0.2) is 48.5 Å². The van der Waals surface area contributed by atoms with Gasteiger partial charge in [0.25, 0.3) is 5.91 Å². The van der Waals surface area contributed by atoms with Gasteiger partial charge in [-0.2, -0.15) is 0 Å². The molecule has 0 aliphatic heterocycles. The summed E-state index contributed by atoms with van der Waals surface area (Å²) in [6.07, 6.45) is 0. The van der Waals surface area contributed by atoms with E-state index < -0.39 is 5.97 Å². The van der Waals surface area contributed by atoms with E-state index in [0.717, 1.165) is 19.9 Å². The first kappa shape index (κ1) is 18.5. The minimum atomic E-state index is -0.594. The molecule has 4 aromatic rings. The number of carbonyl (C=O) groups is 2. The zero-order valence-corrected chi connectivity index (χ0v) is 16.5. The SMILES string of the molecule is CN(Cc1nc2ccccc2s1)C(=O)COC(=O)c1cc2cc(F)ccc2s1. The molecule has 0 radical (unpaired) electrons. The van der Waals surface area contributed by atoms with Gasteiger partial charge < -0.3 is 9.64 Å². The maximum atomic E-state index is 13.3. The lowest BCUT2D eigenvalue weighted by Crippen LogP contribution is -2.30. The Labute approximate surface area is 168 Å². The number of esters is 1. The minimum absolute atomic E-state index is 0.320. The van der Waals surface area contributed by atoms with Crippen molar-refractivity contribution in [3.63, 3.8) is 0 Å². The molecule has 142 valence electrons. The lowest BCUT2D eigenvalue weighted by atomic mass is 10.2. The van der Waals surface area contributed by atoms with E-state index in [0.29, 0.717) is 16.8 Å². The summed E-state index contributed by atoms with van der Waals surface area (Å²) in [6.45, 7) is -0.0132. The second-order valence-electron chi connectivity index (χ2n) is 6.19. The number of hydrogen-bond acceptors (Lipinski definition) is 6. The molecular weight excluding hydrogens is 399 g/mol. The van der Waals surface area contributed by atoms with Crippen LogP contribution in [0.3, 0.4) is 0 Å². The largest absolute Gasteiger partial charge is 0.451 e. The summed E-state index contributed by atoms with van der Waals surface area (Å²) in [7, 11) is 1.64. The molecule has 1 amide bonds. The van der Waals surface area contributed by atoms with E-state index in [4.69, 9.17) is 4.74 Å². The van der Waals surface area contributed by atoms with Gasteiger partial charge in [-0.05, 0) is 41.8 Å². The monoisotopic (exact) mass is 414 g/mol. The van der Waals surface area contributed by atoms with Crippen LogP contribution in [0, 0.1) is 5.82 Å². The summed E-state index contributed by atoms with van der Waals surface area (Å²) in [5, 5.41) is 1.45. The van der Waals surface area contributed by atoms with E-state index in [2.05, 4.69) is 4.98 Å². The average molecular weight is 414 g/mol. The van der Waals surface area contributed by atoms with E-state index in [1.807, 2.05) is 24.3 Å². The molecule has 0 saturated carbocycles. The average Bonchev–Trinajstić information content (AvgIpc) is 3.28. The highest BCUT2D eigenvalue weighted by atomic mass is 32.1. The van der Waals surface area contributed by atoms with Gasteiger partial charge in [-0.25, -0.2) is 14.2 Å². The fourth-order valence-electron chi connectivity index (χ4n) is 2.70. The number of carbonyl (C=O) groups excluding carboxylic acids is 2. The zero-order valence-electron chi connectivity index (χ0n) is 14.8. The summed E-state index contributed by atoms with van der Waals surface area (Å²) in [5.74, 6) is -1.28. The van der Waals surface area contributed by atoms with E-state index in [-0.39, 0.29) is 18.3 Å². The topological polar surface area (TPSA) is 59.5 Å².